The molecule has 0 bridgehead atoms. The second-order valence-corrected chi connectivity index (χ2v) is 5.23. The Labute approximate surface area is 139 Å². The fourth-order valence-electron chi connectivity index (χ4n) is 2.31. The van der Waals surface area contributed by atoms with Crippen molar-refractivity contribution in [2.75, 3.05) is 7.11 Å². The van der Waals surface area contributed by atoms with Crippen LogP contribution in [-0.2, 0) is 6.18 Å². The monoisotopic (exact) mass is 352 g/mol. The molecule has 0 aliphatic heterocycles. The minimum absolute atomic E-state index is 0.0303. The van der Waals surface area contributed by atoms with E-state index in [-0.39, 0.29) is 5.75 Å². The van der Waals surface area contributed by atoms with Gasteiger partial charge in [0.15, 0.2) is 17.3 Å². The third-order valence-corrected chi connectivity index (χ3v) is 3.62. The van der Waals surface area contributed by atoms with Gasteiger partial charge in [0, 0.05) is 11.8 Å². The van der Waals surface area contributed by atoms with E-state index >= 15 is 0 Å². The second-order valence-electron chi connectivity index (χ2n) is 5.23. The highest BCUT2D eigenvalue weighted by atomic mass is 19.4. The molecule has 0 unspecified atom stereocenters. The summed E-state index contributed by atoms with van der Waals surface area (Å²) >= 11 is 0. The molecule has 0 saturated heterocycles. The van der Waals surface area contributed by atoms with Gasteiger partial charge in [0.25, 0.3) is 0 Å². The van der Waals surface area contributed by atoms with Crippen molar-refractivity contribution in [2.45, 2.75) is 6.18 Å². The second kappa shape index (κ2) is 6.12. The Morgan fingerprint density at radius 3 is 2.36 bits per heavy atom. The highest BCUT2D eigenvalue weighted by Crippen LogP contribution is 2.34. The van der Waals surface area contributed by atoms with Gasteiger partial charge in [-0.05, 0) is 42.0 Å². The molecule has 25 heavy (non-hydrogen) atoms. The maximum Gasteiger partial charge on any atom is 0.416 e. The van der Waals surface area contributed by atoms with E-state index in [0.717, 1.165) is 18.2 Å². The van der Waals surface area contributed by atoms with Crippen LogP contribution in [-0.4, -0.2) is 22.0 Å². The number of ether oxygens (including phenoxy) is 1. The highest BCUT2D eigenvalue weighted by molar-refractivity contribution is 5.66. The Hall–Kier alpha value is -3.03. The average Bonchev–Trinajstić information content (AvgIpc) is 3.06. The normalized spacial score (nSPS) is 11.6. The summed E-state index contributed by atoms with van der Waals surface area (Å²) in [5.41, 5.74) is 0.585. The number of phenolic OH excluding ortho intramolecular Hbond substituents is 1. The zero-order valence-electron chi connectivity index (χ0n) is 12.9. The minimum atomic E-state index is -4.41. The van der Waals surface area contributed by atoms with Gasteiger partial charge in [-0.15, -0.1) is 0 Å². The molecule has 4 nitrogen and oxygen atoms in total. The van der Waals surface area contributed by atoms with E-state index in [0.29, 0.717) is 16.8 Å². The Kier molecular flexibility index (Phi) is 4.12. The number of nitrogens with zero attached hydrogens (tertiary/aromatic N) is 2. The zero-order chi connectivity index (χ0) is 18.2. The van der Waals surface area contributed by atoms with Crippen molar-refractivity contribution in [1.82, 2.24) is 9.78 Å². The molecule has 2 aromatic carbocycles. The standard InChI is InChI=1S/C17H12F4N2O2/c1-25-15-7-10(6-14(18)16(15)24)11-8-22-23(9-11)13-4-2-12(3-5-13)17(19,20)21/h2-9,24H,1H3. The quantitative estimate of drug-likeness (QED) is 0.710. The van der Waals surface area contributed by atoms with Crippen LogP contribution in [0.3, 0.4) is 0 Å². The van der Waals surface area contributed by atoms with Crippen molar-refractivity contribution in [1.29, 1.82) is 0 Å². The van der Waals surface area contributed by atoms with Crippen LogP contribution >= 0.6 is 0 Å². The van der Waals surface area contributed by atoms with E-state index in [9.17, 15) is 22.7 Å². The molecule has 0 spiro atoms. The number of methoxy groups -OCH3 is 1. The molecule has 0 radical (unpaired) electrons. The van der Waals surface area contributed by atoms with Gasteiger partial charge in [0.05, 0.1) is 24.6 Å². The molecule has 1 N–H and O–H groups in total. The van der Waals surface area contributed by atoms with Crippen molar-refractivity contribution < 1.29 is 27.4 Å². The van der Waals surface area contributed by atoms with Crippen LogP contribution in [0.5, 0.6) is 11.5 Å². The molecular formula is C17H12F4N2O2. The molecule has 130 valence electrons. The maximum absolute atomic E-state index is 13.7. The predicted molar refractivity (Wildman–Crippen MR) is 82.2 cm³/mol. The smallest absolute Gasteiger partial charge is 0.416 e. The number of hydrogen-bond donors (Lipinski definition) is 1. The van der Waals surface area contributed by atoms with E-state index in [1.165, 1.54) is 42.4 Å². The van der Waals surface area contributed by atoms with Gasteiger partial charge in [-0.1, -0.05) is 0 Å². The van der Waals surface area contributed by atoms with Gasteiger partial charge in [0.2, 0.25) is 0 Å². The molecule has 0 aliphatic rings. The summed E-state index contributed by atoms with van der Waals surface area (Å²) in [6.07, 6.45) is -1.44. The Bertz CT molecular complexity index is 902. The Morgan fingerprint density at radius 1 is 1.08 bits per heavy atom. The van der Waals surface area contributed by atoms with E-state index in [1.54, 1.807) is 0 Å². The number of benzene rings is 2. The number of hydrogen-bond acceptors (Lipinski definition) is 3. The van der Waals surface area contributed by atoms with Crippen molar-refractivity contribution in [2.24, 2.45) is 0 Å². The van der Waals surface area contributed by atoms with Crippen LogP contribution in [0.1, 0.15) is 5.56 Å². The molecule has 0 aliphatic carbocycles. The molecule has 0 amide bonds. The summed E-state index contributed by atoms with van der Waals surface area (Å²) in [5, 5.41) is 13.6. The van der Waals surface area contributed by atoms with Crippen LogP contribution in [0, 0.1) is 5.82 Å². The lowest BCUT2D eigenvalue weighted by molar-refractivity contribution is -0.137. The van der Waals surface area contributed by atoms with Crippen LogP contribution < -0.4 is 4.74 Å². The summed E-state index contributed by atoms with van der Waals surface area (Å²) in [6.45, 7) is 0. The first-order valence-electron chi connectivity index (χ1n) is 7.09. The molecule has 3 aromatic rings. The number of rotatable bonds is 3. The van der Waals surface area contributed by atoms with Crippen molar-refractivity contribution in [3.63, 3.8) is 0 Å². The van der Waals surface area contributed by atoms with E-state index < -0.39 is 23.3 Å². The number of alkyl halides is 3. The van der Waals surface area contributed by atoms with Crippen molar-refractivity contribution in [3.8, 4) is 28.3 Å². The van der Waals surface area contributed by atoms with E-state index in [2.05, 4.69) is 5.10 Å². The molecule has 0 atom stereocenters. The molecule has 1 aromatic heterocycles. The number of phenols is 1. The van der Waals surface area contributed by atoms with Crippen molar-refractivity contribution in [3.05, 3.63) is 60.2 Å². The lowest BCUT2D eigenvalue weighted by Crippen LogP contribution is -2.05. The molecular weight excluding hydrogens is 340 g/mol. The van der Waals surface area contributed by atoms with Gasteiger partial charge in [0.1, 0.15) is 0 Å². The first-order chi connectivity index (χ1) is 11.8. The maximum atomic E-state index is 13.7. The SMILES string of the molecule is COc1cc(-c2cnn(-c3ccc(C(F)(F)F)cc3)c2)cc(F)c1O. The van der Waals surface area contributed by atoms with Crippen LogP contribution in [0.25, 0.3) is 16.8 Å². The topological polar surface area (TPSA) is 47.3 Å². The third kappa shape index (κ3) is 3.28. The Morgan fingerprint density at radius 2 is 1.76 bits per heavy atom. The Balaban J connectivity index is 1.94. The largest absolute Gasteiger partial charge is 0.502 e. The van der Waals surface area contributed by atoms with Gasteiger partial charge < -0.3 is 9.84 Å². The fourth-order valence-corrected chi connectivity index (χ4v) is 2.31. The van der Waals surface area contributed by atoms with Crippen LogP contribution in [0.4, 0.5) is 17.6 Å². The first kappa shape index (κ1) is 16.8. The summed E-state index contributed by atoms with van der Waals surface area (Å²) in [6, 6.07) is 7.05. The molecule has 0 fully saturated rings. The van der Waals surface area contributed by atoms with E-state index in [1.807, 2.05) is 0 Å². The average molecular weight is 352 g/mol. The number of aromatic hydroxyl groups is 1. The van der Waals surface area contributed by atoms with Crippen molar-refractivity contribution >= 4 is 0 Å². The fraction of sp³-hybridized carbons (Fsp3) is 0.118. The molecule has 8 heteroatoms. The zero-order valence-corrected chi connectivity index (χ0v) is 12.9. The summed E-state index contributed by atoms with van der Waals surface area (Å²) in [4.78, 5) is 0. The molecule has 0 saturated carbocycles. The van der Waals surface area contributed by atoms with Gasteiger partial charge >= 0.3 is 6.18 Å². The van der Waals surface area contributed by atoms with Gasteiger partial charge in [-0.25, -0.2) is 9.07 Å². The number of halogens is 4. The summed E-state index contributed by atoms with van der Waals surface area (Å²) < 4.78 is 57.8. The lowest BCUT2D eigenvalue weighted by atomic mass is 10.1. The molecule has 1 heterocycles. The predicted octanol–water partition coefficient (Wildman–Crippen LogP) is 4.41. The third-order valence-electron chi connectivity index (χ3n) is 3.62. The highest BCUT2D eigenvalue weighted by Gasteiger charge is 2.30. The summed E-state index contributed by atoms with van der Waals surface area (Å²) in [5.74, 6) is -1.48. The lowest BCUT2D eigenvalue weighted by Gasteiger charge is -2.08. The van der Waals surface area contributed by atoms with Crippen LogP contribution in [0.15, 0.2) is 48.8 Å². The van der Waals surface area contributed by atoms with E-state index in [4.69, 9.17) is 4.74 Å². The van der Waals surface area contributed by atoms with Crippen LogP contribution in [0.2, 0.25) is 0 Å². The molecule has 3 rings (SSSR count). The van der Waals surface area contributed by atoms with Gasteiger partial charge in [-0.2, -0.15) is 18.3 Å². The summed E-state index contributed by atoms with van der Waals surface area (Å²) in [7, 11) is 1.30. The number of aromatic nitrogens is 2. The first-order valence-corrected chi connectivity index (χ1v) is 7.09. The van der Waals surface area contributed by atoms with Gasteiger partial charge in [-0.3, -0.25) is 0 Å². The minimum Gasteiger partial charge on any atom is -0.502 e.